The summed E-state index contributed by atoms with van der Waals surface area (Å²) in [5.74, 6) is 1.38. The largest absolute Gasteiger partial charge is 0.495 e. The first-order valence-corrected chi connectivity index (χ1v) is 9.55. The molecule has 1 aromatic rings. The first-order chi connectivity index (χ1) is 12.2. The molecule has 0 spiro atoms. The molecule has 2 heterocycles. The van der Waals surface area contributed by atoms with Crippen molar-refractivity contribution in [2.75, 3.05) is 25.6 Å². The van der Waals surface area contributed by atoms with Crippen LogP contribution in [0.15, 0.2) is 17.1 Å². The van der Waals surface area contributed by atoms with E-state index in [-0.39, 0.29) is 17.5 Å². The Hall–Kier alpha value is -2.04. The van der Waals surface area contributed by atoms with Crippen LogP contribution in [0.3, 0.4) is 0 Å². The fourth-order valence-electron chi connectivity index (χ4n) is 4.24. The quantitative estimate of drug-likeness (QED) is 0.790. The smallest absolute Gasteiger partial charge is 0.256 e. The van der Waals surface area contributed by atoms with E-state index in [9.17, 15) is 4.79 Å². The van der Waals surface area contributed by atoms with Gasteiger partial charge in [-0.2, -0.15) is 0 Å². The predicted molar refractivity (Wildman–Crippen MR) is 107 cm³/mol. The van der Waals surface area contributed by atoms with E-state index < -0.39 is 0 Å². The van der Waals surface area contributed by atoms with Gasteiger partial charge in [-0.1, -0.05) is 13.8 Å². The molecule has 5 heteroatoms. The number of fused-ring (bicyclic) bond motifs is 2. The van der Waals surface area contributed by atoms with Crippen LogP contribution in [-0.2, 0) is 0 Å². The third kappa shape index (κ3) is 3.31. The van der Waals surface area contributed by atoms with Crippen LogP contribution in [0.1, 0.15) is 57.3 Å². The number of ether oxygens (including phenoxy) is 1. The van der Waals surface area contributed by atoms with E-state index in [0.29, 0.717) is 11.5 Å². The molecule has 5 nitrogen and oxygen atoms in total. The number of aliphatic imine (C=N–C) groups is 1. The van der Waals surface area contributed by atoms with Crippen molar-refractivity contribution < 1.29 is 9.53 Å². The highest BCUT2D eigenvalue weighted by atomic mass is 16.5. The molecule has 1 aromatic carbocycles. The Morgan fingerprint density at radius 3 is 2.77 bits per heavy atom. The van der Waals surface area contributed by atoms with Gasteiger partial charge in [0.15, 0.2) is 0 Å². The number of nitrogens with zero attached hydrogens (tertiary/aromatic N) is 3. The molecule has 2 aliphatic rings. The average molecular weight is 357 g/mol. The van der Waals surface area contributed by atoms with Crippen LogP contribution in [0.4, 0.5) is 11.4 Å². The maximum atomic E-state index is 13.0. The molecule has 142 valence electrons. The van der Waals surface area contributed by atoms with Crippen molar-refractivity contribution in [1.29, 1.82) is 0 Å². The van der Waals surface area contributed by atoms with Gasteiger partial charge in [0.1, 0.15) is 5.75 Å². The van der Waals surface area contributed by atoms with Crippen molar-refractivity contribution in [3.63, 3.8) is 0 Å². The van der Waals surface area contributed by atoms with Gasteiger partial charge < -0.3 is 14.5 Å². The van der Waals surface area contributed by atoms with E-state index in [1.165, 1.54) is 0 Å². The minimum absolute atomic E-state index is 0.0336. The van der Waals surface area contributed by atoms with Gasteiger partial charge in [0.25, 0.3) is 5.91 Å². The fourth-order valence-corrected chi connectivity index (χ4v) is 4.24. The number of carbonyl (C=O) groups is 1. The highest BCUT2D eigenvalue weighted by Gasteiger charge is 2.34. The van der Waals surface area contributed by atoms with E-state index >= 15 is 0 Å². The van der Waals surface area contributed by atoms with Crippen LogP contribution in [0, 0.1) is 5.92 Å². The zero-order valence-corrected chi connectivity index (χ0v) is 16.9. The van der Waals surface area contributed by atoms with Gasteiger partial charge in [-0.05, 0) is 51.2 Å². The molecule has 0 aliphatic carbocycles. The Labute approximate surface area is 157 Å². The minimum Gasteiger partial charge on any atom is -0.495 e. The Bertz CT molecular complexity index is 724. The zero-order chi connectivity index (χ0) is 19.1. The molecule has 1 amide bonds. The molecule has 2 aliphatic heterocycles. The number of anilines is 1. The highest BCUT2D eigenvalue weighted by molar-refractivity contribution is 6.04. The van der Waals surface area contributed by atoms with E-state index in [1.807, 2.05) is 23.2 Å². The molecule has 1 fully saturated rings. The lowest BCUT2D eigenvalue weighted by Gasteiger charge is -2.39. The number of benzene rings is 1. The third-order valence-corrected chi connectivity index (χ3v) is 5.65. The number of hydrogen-bond donors (Lipinski definition) is 0. The molecular formula is C21H31N3O2. The first kappa shape index (κ1) is 18.7. The summed E-state index contributed by atoms with van der Waals surface area (Å²) in [5.41, 5.74) is 2.33. The molecule has 0 aromatic heterocycles. The van der Waals surface area contributed by atoms with Gasteiger partial charge in [-0.15, -0.1) is 0 Å². The summed E-state index contributed by atoms with van der Waals surface area (Å²) in [6, 6.07) is 4.00. The second-order valence-electron chi connectivity index (χ2n) is 8.50. The van der Waals surface area contributed by atoms with E-state index in [0.717, 1.165) is 42.9 Å². The van der Waals surface area contributed by atoms with Gasteiger partial charge in [0.05, 0.1) is 30.1 Å². The van der Waals surface area contributed by atoms with Crippen LogP contribution >= 0.6 is 0 Å². The summed E-state index contributed by atoms with van der Waals surface area (Å²) < 4.78 is 5.67. The maximum absolute atomic E-state index is 13.0. The Morgan fingerprint density at radius 2 is 2.12 bits per heavy atom. The Balaban J connectivity index is 2.04. The second-order valence-corrected chi connectivity index (χ2v) is 8.50. The lowest BCUT2D eigenvalue weighted by Crippen LogP contribution is -2.42. The van der Waals surface area contributed by atoms with E-state index in [4.69, 9.17) is 4.74 Å². The first-order valence-electron chi connectivity index (χ1n) is 9.55. The molecule has 1 atom stereocenters. The molecule has 0 saturated carbocycles. The molecule has 1 unspecified atom stereocenters. The minimum atomic E-state index is -0.0336. The number of amides is 1. The SMILES string of the molecule is COc1cc2c(cc1N(C)C(C)(C)CC(C)C)N=CC1CCCN1C2=O. The topological polar surface area (TPSA) is 45.1 Å². The summed E-state index contributed by atoms with van der Waals surface area (Å²) in [5, 5.41) is 0. The van der Waals surface area contributed by atoms with Crippen LogP contribution in [0.25, 0.3) is 0 Å². The summed E-state index contributed by atoms with van der Waals surface area (Å²) in [7, 11) is 3.75. The lowest BCUT2D eigenvalue weighted by molar-refractivity contribution is 0.0774. The molecule has 1 saturated heterocycles. The standard InChI is InChI=1S/C21H31N3O2/c1-14(2)12-21(3,4)23(5)18-11-17-16(10-19(18)26-6)20(25)24-9-7-8-15(24)13-22-17/h10-11,13-15H,7-9,12H2,1-6H3. The average Bonchev–Trinajstić information content (AvgIpc) is 3.00. The van der Waals surface area contributed by atoms with Crippen LogP contribution < -0.4 is 9.64 Å². The van der Waals surface area contributed by atoms with Gasteiger partial charge in [-0.25, -0.2) is 0 Å². The van der Waals surface area contributed by atoms with Gasteiger partial charge in [-0.3, -0.25) is 9.79 Å². The highest BCUT2D eigenvalue weighted by Crippen LogP contribution is 2.41. The van der Waals surface area contributed by atoms with Crippen LogP contribution in [0.2, 0.25) is 0 Å². The van der Waals surface area contributed by atoms with Crippen molar-refractivity contribution in [3.8, 4) is 5.75 Å². The summed E-state index contributed by atoms with van der Waals surface area (Å²) in [6.45, 7) is 9.76. The zero-order valence-electron chi connectivity index (χ0n) is 16.9. The molecule has 0 bridgehead atoms. The van der Waals surface area contributed by atoms with Gasteiger partial charge in [0.2, 0.25) is 0 Å². The predicted octanol–water partition coefficient (Wildman–Crippen LogP) is 4.28. The van der Waals surface area contributed by atoms with Crippen molar-refractivity contribution in [3.05, 3.63) is 17.7 Å². The summed E-state index contributed by atoms with van der Waals surface area (Å²) >= 11 is 0. The number of hydrogen-bond acceptors (Lipinski definition) is 4. The Kier molecular flexibility index (Phi) is 5.00. The molecule has 0 radical (unpaired) electrons. The molecular weight excluding hydrogens is 326 g/mol. The molecule has 26 heavy (non-hydrogen) atoms. The lowest BCUT2D eigenvalue weighted by atomic mass is 9.90. The van der Waals surface area contributed by atoms with E-state index in [2.05, 4.69) is 44.6 Å². The normalized spacial score (nSPS) is 19.4. The number of carbonyl (C=O) groups excluding carboxylic acids is 1. The second kappa shape index (κ2) is 6.93. The van der Waals surface area contributed by atoms with Crippen molar-refractivity contribution in [2.45, 2.75) is 58.5 Å². The van der Waals surface area contributed by atoms with Crippen molar-refractivity contribution in [1.82, 2.24) is 4.90 Å². The van der Waals surface area contributed by atoms with Crippen molar-refractivity contribution >= 4 is 23.5 Å². The number of rotatable bonds is 5. The van der Waals surface area contributed by atoms with E-state index in [1.54, 1.807) is 7.11 Å². The van der Waals surface area contributed by atoms with Crippen molar-refractivity contribution in [2.24, 2.45) is 10.9 Å². The Morgan fingerprint density at radius 1 is 1.38 bits per heavy atom. The van der Waals surface area contributed by atoms with Gasteiger partial charge in [0, 0.05) is 25.3 Å². The molecule has 3 rings (SSSR count). The third-order valence-electron chi connectivity index (χ3n) is 5.65. The monoisotopic (exact) mass is 357 g/mol. The van der Waals surface area contributed by atoms with Crippen LogP contribution in [-0.4, -0.2) is 49.3 Å². The summed E-state index contributed by atoms with van der Waals surface area (Å²) in [6.07, 6.45) is 5.03. The summed E-state index contributed by atoms with van der Waals surface area (Å²) in [4.78, 5) is 21.8. The van der Waals surface area contributed by atoms with Crippen LogP contribution in [0.5, 0.6) is 5.75 Å². The number of methoxy groups -OCH3 is 1. The van der Waals surface area contributed by atoms with Gasteiger partial charge >= 0.3 is 0 Å². The molecule has 0 N–H and O–H groups in total. The fraction of sp³-hybridized carbons (Fsp3) is 0.619. The maximum Gasteiger partial charge on any atom is 0.256 e.